The van der Waals surface area contributed by atoms with E-state index in [9.17, 15) is 10.1 Å². The molecule has 1 aliphatic carbocycles. The van der Waals surface area contributed by atoms with Gasteiger partial charge in [0, 0.05) is 41.3 Å². The minimum absolute atomic E-state index is 0.0305. The standard InChI is InChI=1S/C18H17Cl2N3O/c1-9-10(6-21)15(16-11(19)7-22-8-12(16)20)17-13(23-9)4-18(2,3)5-14(17)24/h7-8,15,23H,4-5H2,1-3H3/t15-/m0/s1. The summed E-state index contributed by atoms with van der Waals surface area (Å²) in [7, 11) is 0. The SMILES string of the molecule is CC1=C(C#N)[C@@H](c2c(Cl)cncc2Cl)C2=C(CC(C)(C)CC2=O)N1. The molecule has 6 heteroatoms. The molecule has 0 amide bonds. The summed E-state index contributed by atoms with van der Waals surface area (Å²) in [6.07, 6.45) is 4.16. The lowest BCUT2D eigenvalue weighted by atomic mass is 9.69. The molecule has 1 aromatic heterocycles. The summed E-state index contributed by atoms with van der Waals surface area (Å²) < 4.78 is 0. The number of Topliss-reactive ketones (excluding diaryl/α,β-unsaturated/α-hetero) is 1. The first-order valence-corrected chi connectivity index (χ1v) is 8.44. The maximum atomic E-state index is 12.9. The van der Waals surface area contributed by atoms with E-state index in [0.29, 0.717) is 33.2 Å². The zero-order valence-corrected chi connectivity index (χ0v) is 15.2. The Labute approximate surface area is 151 Å². The van der Waals surface area contributed by atoms with E-state index in [4.69, 9.17) is 23.2 Å². The second-order valence-electron chi connectivity index (χ2n) is 7.06. The van der Waals surface area contributed by atoms with Crippen LogP contribution >= 0.6 is 23.2 Å². The van der Waals surface area contributed by atoms with E-state index in [2.05, 4.69) is 30.2 Å². The molecule has 0 saturated heterocycles. The molecule has 0 bridgehead atoms. The highest BCUT2D eigenvalue weighted by molar-refractivity contribution is 6.36. The predicted octanol–water partition coefficient (Wildman–Crippen LogP) is 4.52. The average Bonchev–Trinajstić information content (AvgIpc) is 2.44. The molecule has 1 aliphatic heterocycles. The third-order valence-electron chi connectivity index (χ3n) is 4.54. The lowest BCUT2D eigenvalue weighted by Gasteiger charge is -2.39. The summed E-state index contributed by atoms with van der Waals surface area (Å²) >= 11 is 12.7. The molecule has 1 N–H and O–H groups in total. The van der Waals surface area contributed by atoms with Gasteiger partial charge < -0.3 is 5.32 Å². The number of nitriles is 1. The van der Waals surface area contributed by atoms with Crippen molar-refractivity contribution in [2.75, 3.05) is 0 Å². The Morgan fingerprint density at radius 1 is 1.29 bits per heavy atom. The molecular formula is C18H17Cl2N3O. The molecule has 2 aliphatic rings. The van der Waals surface area contributed by atoms with Gasteiger partial charge in [0.05, 0.1) is 27.6 Å². The lowest BCUT2D eigenvalue weighted by molar-refractivity contribution is -0.118. The summed E-state index contributed by atoms with van der Waals surface area (Å²) in [5, 5.41) is 13.6. The number of halogens is 2. The van der Waals surface area contributed by atoms with Crippen LogP contribution in [0.15, 0.2) is 34.9 Å². The molecule has 24 heavy (non-hydrogen) atoms. The number of allylic oxidation sites excluding steroid dienone is 4. The number of nitrogens with one attached hydrogen (secondary N) is 1. The number of pyridine rings is 1. The van der Waals surface area contributed by atoms with Crippen molar-refractivity contribution < 1.29 is 4.79 Å². The summed E-state index contributed by atoms with van der Waals surface area (Å²) in [6, 6.07) is 2.22. The summed E-state index contributed by atoms with van der Waals surface area (Å²) in [5.74, 6) is -0.513. The molecule has 0 aromatic carbocycles. The van der Waals surface area contributed by atoms with Gasteiger partial charge in [-0.2, -0.15) is 5.26 Å². The van der Waals surface area contributed by atoms with E-state index in [1.165, 1.54) is 12.4 Å². The molecule has 2 heterocycles. The molecule has 0 spiro atoms. The first-order chi connectivity index (χ1) is 11.2. The Balaban J connectivity index is 2.27. The number of carbonyl (C=O) groups is 1. The number of nitrogens with zero attached hydrogens (tertiary/aromatic N) is 2. The Kier molecular flexibility index (Phi) is 4.19. The van der Waals surface area contributed by atoms with Crippen LogP contribution in [0.2, 0.25) is 10.0 Å². The van der Waals surface area contributed by atoms with Crippen molar-refractivity contribution in [1.82, 2.24) is 10.3 Å². The molecule has 0 saturated carbocycles. The minimum atomic E-state index is -0.544. The van der Waals surface area contributed by atoms with Crippen molar-refractivity contribution in [2.24, 2.45) is 5.41 Å². The van der Waals surface area contributed by atoms with Gasteiger partial charge in [0.2, 0.25) is 0 Å². The van der Waals surface area contributed by atoms with Gasteiger partial charge in [-0.25, -0.2) is 0 Å². The number of carbonyl (C=O) groups excluding carboxylic acids is 1. The lowest BCUT2D eigenvalue weighted by Crippen LogP contribution is -2.37. The van der Waals surface area contributed by atoms with Gasteiger partial charge in [-0.1, -0.05) is 37.0 Å². The molecular weight excluding hydrogens is 345 g/mol. The van der Waals surface area contributed by atoms with Crippen LogP contribution in [0.4, 0.5) is 0 Å². The number of hydrogen-bond acceptors (Lipinski definition) is 4. The summed E-state index contributed by atoms with van der Waals surface area (Å²) in [4.78, 5) is 16.9. The third-order valence-corrected chi connectivity index (χ3v) is 5.14. The largest absolute Gasteiger partial charge is 0.361 e. The van der Waals surface area contributed by atoms with Gasteiger partial charge in [-0.3, -0.25) is 9.78 Å². The normalized spacial score (nSPS) is 22.8. The quantitative estimate of drug-likeness (QED) is 0.798. The Morgan fingerprint density at radius 2 is 1.92 bits per heavy atom. The highest BCUT2D eigenvalue weighted by Crippen LogP contribution is 2.48. The molecule has 124 valence electrons. The van der Waals surface area contributed by atoms with Gasteiger partial charge >= 0.3 is 0 Å². The van der Waals surface area contributed by atoms with Crippen LogP contribution in [0.5, 0.6) is 0 Å². The molecule has 0 radical (unpaired) electrons. The number of hydrogen-bond donors (Lipinski definition) is 1. The van der Waals surface area contributed by atoms with Crippen LogP contribution in [0.25, 0.3) is 0 Å². The fraction of sp³-hybridized carbons (Fsp3) is 0.389. The zero-order chi connectivity index (χ0) is 17.6. The van der Waals surface area contributed by atoms with E-state index in [-0.39, 0.29) is 11.2 Å². The van der Waals surface area contributed by atoms with E-state index >= 15 is 0 Å². The molecule has 1 aromatic rings. The zero-order valence-electron chi connectivity index (χ0n) is 13.7. The van der Waals surface area contributed by atoms with Gasteiger partial charge in [-0.15, -0.1) is 0 Å². The Hall–Kier alpha value is -1.83. The van der Waals surface area contributed by atoms with Gasteiger partial charge in [0.25, 0.3) is 0 Å². The molecule has 0 unspecified atom stereocenters. The fourth-order valence-corrected chi connectivity index (χ4v) is 4.15. The van der Waals surface area contributed by atoms with Crippen LogP contribution < -0.4 is 5.32 Å². The highest BCUT2D eigenvalue weighted by Gasteiger charge is 2.42. The van der Waals surface area contributed by atoms with Crippen molar-refractivity contribution in [2.45, 2.75) is 39.5 Å². The van der Waals surface area contributed by atoms with Gasteiger partial charge in [0.15, 0.2) is 5.78 Å². The van der Waals surface area contributed by atoms with Crippen LogP contribution in [-0.4, -0.2) is 10.8 Å². The second kappa shape index (κ2) is 5.91. The number of dihydropyridines is 1. The molecule has 3 rings (SSSR count). The molecule has 1 atom stereocenters. The van der Waals surface area contributed by atoms with Crippen LogP contribution in [0, 0.1) is 16.7 Å². The smallest absolute Gasteiger partial charge is 0.162 e. The third kappa shape index (κ3) is 2.72. The maximum Gasteiger partial charge on any atom is 0.162 e. The van der Waals surface area contributed by atoms with Crippen molar-refractivity contribution in [3.05, 3.63) is 50.5 Å². The topological polar surface area (TPSA) is 65.8 Å². The Morgan fingerprint density at radius 3 is 2.50 bits per heavy atom. The maximum absolute atomic E-state index is 12.9. The second-order valence-corrected chi connectivity index (χ2v) is 7.87. The van der Waals surface area contributed by atoms with Crippen LogP contribution in [0.1, 0.15) is 45.1 Å². The first kappa shape index (κ1) is 17.0. The first-order valence-electron chi connectivity index (χ1n) is 7.68. The fourth-order valence-electron chi connectivity index (χ4n) is 3.57. The summed E-state index contributed by atoms with van der Waals surface area (Å²) in [5.41, 5.74) is 3.12. The van der Waals surface area contributed by atoms with Crippen molar-refractivity contribution in [3.63, 3.8) is 0 Å². The van der Waals surface area contributed by atoms with E-state index < -0.39 is 5.92 Å². The van der Waals surface area contributed by atoms with Crippen LogP contribution in [-0.2, 0) is 4.79 Å². The van der Waals surface area contributed by atoms with Crippen LogP contribution in [0.3, 0.4) is 0 Å². The number of rotatable bonds is 1. The highest BCUT2D eigenvalue weighted by atomic mass is 35.5. The predicted molar refractivity (Wildman–Crippen MR) is 93.5 cm³/mol. The minimum Gasteiger partial charge on any atom is -0.361 e. The Bertz CT molecular complexity index is 826. The van der Waals surface area contributed by atoms with Gasteiger partial charge in [0.1, 0.15) is 0 Å². The van der Waals surface area contributed by atoms with E-state index in [0.717, 1.165) is 17.8 Å². The molecule has 4 nitrogen and oxygen atoms in total. The van der Waals surface area contributed by atoms with E-state index in [1.807, 2.05) is 6.92 Å². The van der Waals surface area contributed by atoms with Crippen molar-refractivity contribution >= 4 is 29.0 Å². The van der Waals surface area contributed by atoms with E-state index in [1.54, 1.807) is 0 Å². The van der Waals surface area contributed by atoms with Gasteiger partial charge in [-0.05, 0) is 18.8 Å². The van der Waals surface area contributed by atoms with Crippen molar-refractivity contribution in [3.8, 4) is 6.07 Å². The number of aromatic nitrogens is 1. The summed E-state index contributed by atoms with van der Waals surface area (Å²) in [6.45, 7) is 5.97. The van der Waals surface area contributed by atoms with Crippen molar-refractivity contribution in [1.29, 1.82) is 5.26 Å². The number of ketones is 1. The monoisotopic (exact) mass is 361 g/mol. The average molecular weight is 362 g/mol. The molecule has 0 fully saturated rings.